The molecule has 2 nitrogen and oxygen atoms in total. The Morgan fingerprint density at radius 2 is 1.64 bits per heavy atom. The number of pyridine rings is 1. The van der Waals surface area contributed by atoms with Crippen molar-refractivity contribution in [2.24, 2.45) is 5.73 Å². The molecule has 0 unspecified atom stereocenters. The fourth-order valence-electron chi connectivity index (χ4n) is 0.313. The van der Waals surface area contributed by atoms with Gasteiger partial charge in [-0.1, -0.05) is 13.0 Å². The van der Waals surface area contributed by atoms with E-state index in [1.165, 1.54) is 0 Å². The summed E-state index contributed by atoms with van der Waals surface area (Å²) in [5.41, 5.74) is 5.03. The summed E-state index contributed by atoms with van der Waals surface area (Å²) < 4.78 is 0. The van der Waals surface area contributed by atoms with Gasteiger partial charge in [-0.25, -0.2) is 0 Å². The van der Waals surface area contributed by atoms with Gasteiger partial charge in [0.1, 0.15) is 0 Å². The predicted molar refractivity (Wildman–Crippen MR) is 53.5 cm³/mol. The summed E-state index contributed by atoms with van der Waals surface area (Å²) in [4.78, 5) is 3.78. The zero-order valence-electron chi connectivity index (χ0n) is 6.33. The number of hydrogen-bond acceptors (Lipinski definition) is 2. The van der Waals surface area contributed by atoms with Crippen LogP contribution in [0.4, 0.5) is 0 Å². The third-order valence-electron chi connectivity index (χ3n) is 0.855. The van der Waals surface area contributed by atoms with Gasteiger partial charge in [0.05, 0.1) is 8.41 Å². The van der Waals surface area contributed by atoms with Crippen LogP contribution in [0.25, 0.3) is 0 Å². The minimum Gasteiger partial charge on any atom is -0.330 e. The van der Waals surface area contributed by atoms with Gasteiger partial charge in [-0.05, 0) is 25.1 Å². The molecule has 11 heavy (non-hydrogen) atoms. The van der Waals surface area contributed by atoms with E-state index in [9.17, 15) is 0 Å². The van der Waals surface area contributed by atoms with Gasteiger partial charge in [0.25, 0.3) is 0 Å². The van der Waals surface area contributed by atoms with Crippen LogP contribution in [0.2, 0.25) is 0 Å². The van der Waals surface area contributed by atoms with Crippen LogP contribution in [0.1, 0.15) is 13.3 Å². The first-order valence-electron chi connectivity index (χ1n) is 3.47. The second-order valence-electron chi connectivity index (χ2n) is 1.81. The van der Waals surface area contributed by atoms with Gasteiger partial charge >= 0.3 is 0 Å². The first-order chi connectivity index (χ1) is 4.91. The van der Waals surface area contributed by atoms with Crippen molar-refractivity contribution in [3.63, 3.8) is 0 Å². The van der Waals surface area contributed by atoms with Crippen molar-refractivity contribution >= 4 is 8.41 Å². The van der Waals surface area contributed by atoms with E-state index < -0.39 is 0 Å². The summed E-state index contributed by atoms with van der Waals surface area (Å²) in [6, 6.07) is 5.72. The Morgan fingerprint density at radius 1 is 1.18 bits per heavy atom. The van der Waals surface area contributed by atoms with Gasteiger partial charge in [-0.2, -0.15) is 0 Å². The van der Waals surface area contributed by atoms with E-state index in [-0.39, 0.29) is 8.41 Å². The van der Waals surface area contributed by atoms with Crippen LogP contribution in [-0.4, -0.2) is 19.9 Å². The Balaban J connectivity index is 0. The molecule has 0 amide bonds. The summed E-state index contributed by atoms with van der Waals surface area (Å²) in [7, 11) is 0. The Bertz CT molecular complexity index is 104. The highest BCUT2D eigenvalue weighted by molar-refractivity contribution is 5.75. The smallest absolute Gasteiger partial charge is 0.0814 e. The second-order valence-corrected chi connectivity index (χ2v) is 1.81. The molecule has 0 aliphatic heterocycles. The first kappa shape index (κ1) is 12.8. The fourth-order valence-corrected chi connectivity index (χ4v) is 0.313. The van der Waals surface area contributed by atoms with E-state index in [1.807, 2.05) is 18.2 Å². The number of aromatic nitrogens is 1. The van der Waals surface area contributed by atoms with Gasteiger partial charge in [0, 0.05) is 12.4 Å². The SMILES string of the molecule is B.CCCN.c1ccncc1. The lowest BCUT2D eigenvalue weighted by molar-refractivity contribution is 0.932. The maximum Gasteiger partial charge on any atom is 0.0814 e. The van der Waals surface area contributed by atoms with Gasteiger partial charge < -0.3 is 5.73 Å². The van der Waals surface area contributed by atoms with E-state index in [4.69, 9.17) is 5.73 Å². The van der Waals surface area contributed by atoms with Crippen molar-refractivity contribution in [1.82, 2.24) is 4.98 Å². The molecule has 0 saturated heterocycles. The molecule has 0 spiro atoms. The monoisotopic (exact) mass is 152 g/mol. The summed E-state index contributed by atoms with van der Waals surface area (Å²) in [6.07, 6.45) is 4.60. The molecule has 1 heterocycles. The van der Waals surface area contributed by atoms with Gasteiger partial charge in [0.2, 0.25) is 0 Å². The minimum atomic E-state index is 0. The van der Waals surface area contributed by atoms with E-state index in [0.717, 1.165) is 13.0 Å². The molecule has 1 aromatic rings. The molecule has 62 valence electrons. The lowest BCUT2D eigenvalue weighted by Gasteiger charge is -1.70. The van der Waals surface area contributed by atoms with Crippen LogP contribution in [0.15, 0.2) is 30.6 Å². The zero-order valence-corrected chi connectivity index (χ0v) is 6.33. The molecule has 0 aliphatic carbocycles. The van der Waals surface area contributed by atoms with Crippen molar-refractivity contribution in [3.8, 4) is 0 Å². The first-order valence-corrected chi connectivity index (χ1v) is 3.47. The Labute approximate surface area is 70.4 Å². The third kappa shape index (κ3) is 12.4. The van der Waals surface area contributed by atoms with E-state index in [2.05, 4.69) is 11.9 Å². The molecule has 1 rings (SSSR count). The number of hydrogen-bond donors (Lipinski definition) is 1. The van der Waals surface area contributed by atoms with Crippen LogP contribution in [0, 0.1) is 0 Å². The zero-order chi connectivity index (χ0) is 7.66. The minimum absolute atomic E-state index is 0. The van der Waals surface area contributed by atoms with Crippen LogP contribution in [0.5, 0.6) is 0 Å². The van der Waals surface area contributed by atoms with E-state index >= 15 is 0 Å². The summed E-state index contributed by atoms with van der Waals surface area (Å²) in [5.74, 6) is 0. The van der Waals surface area contributed by atoms with Crippen LogP contribution in [0.3, 0.4) is 0 Å². The van der Waals surface area contributed by atoms with Crippen LogP contribution in [-0.2, 0) is 0 Å². The number of nitrogens with zero attached hydrogens (tertiary/aromatic N) is 1. The lowest BCUT2D eigenvalue weighted by Crippen LogP contribution is -1.93. The topological polar surface area (TPSA) is 38.9 Å². The molecule has 0 aliphatic rings. The average molecular weight is 152 g/mol. The molecule has 0 fully saturated rings. The number of rotatable bonds is 1. The lowest BCUT2D eigenvalue weighted by atomic mass is 10.5. The highest BCUT2D eigenvalue weighted by Crippen LogP contribution is 1.73. The Kier molecular flexibility index (Phi) is 13.9. The highest BCUT2D eigenvalue weighted by Gasteiger charge is 1.58. The molecule has 0 radical (unpaired) electrons. The maximum atomic E-state index is 5.03. The van der Waals surface area contributed by atoms with Gasteiger partial charge in [-0.15, -0.1) is 0 Å². The van der Waals surface area contributed by atoms with Gasteiger partial charge in [-0.3, -0.25) is 4.98 Å². The van der Waals surface area contributed by atoms with Crippen LogP contribution >= 0.6 is 0 Å². The highest BCUT2D eigenvalue weighted by atomic mass is 14.6. The van der Waals surface area contributed by atoms with Crippen LogP contribution < -0.4 is 5.73 Å². The molecule has 3 heteroatoms. The normalized spacial score (nSPS) is 7.09. The van der Waals surface area contributed by atoms with Crippen molar-refractivity contribution in [3.05, 3.63) is 30.6 Å². The van der Waals surface area contributed by atoms with Crippen molar-refractivity contribution < 1.29 is 0 Å². The largest absolute Gasteiger partial charge is 0.330 e. The molecule has 0 aromatic carbocycles. The molecule has 0 bridgehead atoms. The standard InChI is InChI=1S/C5H5N.C3H9N.BH3/c1-2-4-6-5-3-1;1-2-3-4;/h1-5H;2-4H2,1H3;1H3. The average Bonchev–Trinajstić information content (AvgIpc) is 2.08. The molecule has 0 atom stereocenters. The fraction of sp³-hybridized carbons (Fsp3) is 0.375. The Morgan fingerprint density at radius 3 is 1.73 bits per heavy atom. The molecule has 2 N–H and O–H groups in total. The molecular weight excluding hydrogens is 135 g/mol. The van der Waals surface area contributed by atoms with Gasteiger partial charge in [0.15, 0.2) is 0 Å². The molecule has 0 saturated carbocycles. The summed E-state index contributed by atoms with van der Waals surface area (Å²) in [5, 5.41) is 0. The van der Waals surface area contributed by atoms with E-state index in [1.54, 1.807) is 12.4 Å². The van der Waals surface area contributed by atoms with Crippen molar-refractivity contribution in [1.29, 1.82) is 0 Å². The number of nitrogens with two attached hydrogens (primary N) is 1. The quantitative estimate of drug-likeness (QED) is 0.586. The Hall–Kier alpha value is -0.825. The molecular formula is C8H17BN2. The summed E-state index contributed by atoms with van der Waals surface area (Å²) in [6.45, 7) is 2.88. The van der Waals surface area contributed by atoms with Crippen molar-refractivity contribution in [2.75, 3.05) is 6.54 Å². The van der Waals surface area contributed by atoms with E-state index in [0.29, 0.717) is 0 Å². The second kappa shape index (κ2) is 11.9. The van der Waals surface area contributed by atoms with Crippen molar-refractivity contribution in [2.45, 2.75) is 13.3 Å². The third-order valence-corrected chi connectivity index (χ3v) is 0.855. The molecule has 1 aromatic heterocycles. The summed E-state index contributed by atoms with van der Waals surface area (Å²) >= 11 is 0. The maximum absolute atomic E-state index is 5.03. The predicted octanol–water partition coefficient (Wildman–Crippen LogP) is 0.253.